The number of halogens is 2. The van der Waals surface area contributed by atoms with E-state index >= 15 is 0 Å². The molecule has 0 unspecified atom stereocenters. The summed E-state index contributed by atoms with van der Waals surface area (Å²) in [5.74, 6) is -0.00416. The van der Waals surface area contributed by atoms with Crippen molar-refractivity contribution in [3.05, 3.63) is 65.7 Å². The van der Waals surface area contributed by atoms with Crippen LogP contribution >= 0.6 is 23.1 Å². The number of aromatic nitrogens is 2. The van der Waals surface area contributed by atoms with Gasteiger partial charge in [0.25, 0.3) is 0 Å². The van der Waals surface area contributed by atoms with Gasteiger partial charge in [-0.05, 0) is 42.8 Å². The SMILES string of the molecule is O=C(CCCSc1nnc(Nc2ccccc2F)s1)c1ccc(F)cc1. The van der Waals surface area contributed by atoms with Gasteiger partial charge in [-0.1, -0.05) is 35.2 Å². The Hall–Kier alpha value is -2.32. The Bertz CT molecular complexity index is 884. The third-order valence-electron chi connectivity index (χ3n) is 3.46. The van der Waals surface area contributed by atoms with Crippen LogP contribution in [0.2, 0.25) is 0 Å². The summed E-state index contributed by atoms with van der Waals surface area (Å²) < 4.78 is 27.2. The van der Waals surface area contributed by atoms with Crippen molar-refractivity contribution in [2.24, 2.45) is 0 Å². The van der Waals surface area contributed by atoms with Crippen molar-refractivity contribution in [3.63, 3.8) is 0 Å². The molecule has 4 nitrogen and oxygen atoms in total. The van der Waals surface area contributed by atoms with E-state index in [0.717, 1.165) is 4.34 Å². The van der Waals surface area contributed by atoms with Crippen molar-refractivity contribution >= 4 is 39.7 Å². The van der Waals surface area contributed by atoms with E-state index in [0.29, 0.717) is 35.0 Å². The molecular formula is C18H15F2N3OS2. The summed E-state index contributed by atoms with van der Waals surface area (Å²) in [6.07, 6.45) is 1.06. The van der Waals surface area contributed by atoms with Crippen molar-refractivity contribution in [1.29, 1.82) is 0 Å². The van der Waals surface area contributed by atoms with E-state index in [2.05, 4.69) is 15.5 Å². The zero-order valence-electron chi connectivity index (χ0n) is 13.6. The molecule has 0 aliphatic carbocycles. The first kappa shape index (κ1) is 18.5. The first-order valence-corrected chi connectivity index (χ1v) is 9.68. The molecule has 1 N–H and O–H groups in total. The molecule has 26 heavy (non-hydrogen) atoms. The quantitative estimate of drug-likeness (QED) is 0.320. The molecule has 0 aliphatic rings. The van der Waals surface area contributed by atoms with Crippen molar-refractivity contribution in [3.8, 4) is 0 Å². The highest BCUT2D eigenvalue weighted by Gasteiger charge is 2.09. The van der Waals surface area contributed by atoms with Crippen molar-refractivity contribution in [2.45, 2.75) is 17.2 Å². The second kappa shape index (κ2) is 8.86. The first-order chi connectivity index (χ1) is 12.6. The number of rotatable bonds is 8. The molecule has 0 aliphatic heterocycles. The maximum absolute atomic E-state index is 13.6. The number of thioether (sulfide) groups is 1. The molecule has 0 radical (unpaired) electrons. The molecule has 0 fully saturated rings. The predicted molar refractivity (Wildman–Crippen MR) is 100 cm³/mol. The Morgan fingerprint density at radius 2 is 1.85 bits per heavy atom. The van der Waals surface area contributed by atoms with Crippen LogP contribution in [0.3, 0.4) is 0 Å². The maximum atomic E-state index is 13.6. The zero-order valence-corrected chi connectivity index (χ0v) is 15.2. The lowest BCUT2D eigenvalue weighted by atomic mass is 10.1. The minimum atomic E-state index is -0.354. The van der Waals surface area contributed by atoms with Crippen molar-refractivity contribution in [2.75, 3.05) is 11.1 Å². The van der Waals surface area contributed by atoms with E-state index < -0.39 is 0 Å². The summed E-state index contributed by atoms with van der Waals surface area (Å²) >= 11 is 2.82. The summed E-state index contributed by atoms with van der Waals surface area (Å²) in [5, 5.41) is 11.4. The highest BCUT2D eigenvalue weighted by molar-refractivity contribution is 8.01. The number of hydrogen-bond donors (Lipinski definition) is 1. The molecule has 0 saturated carbocycles. The van der Waals surface area contributed by atoms with Gasteiger partial charge in [-0.2, -0.15) is 0 Å². The van der Waals surface area contributed by atoms with Crippen molar-refractivity contribution < 1.29 is 13.6 Å². The van der Waals surface area contributed by atoms with Gasteiger partial charge >= 0.3 is 0 Å². The lowest BCUT2D eigenvalue weighted by Gasteiger charge is -2.02. The standard InChI is InChI=1S/C18H15F2N3OS2/c19-13-9-7-12(8-10-13)16(24)6-3-11-25-18-23-22-17(26-18)21-15-5-2-1-4-14(15)20/h1-2,4-5,7-10H,3,6,11H2,(H,21,22). The summed E-state index contributed by atoms with van der Waals surface area (Å²) in [7, 11) is 0. The largest absolute Gasteiger partial charge is 0.328 e. The lowest BCUT2D eigenvalue weighted by Crippen LogP contribution is -1.99. The second-order valence-corrected chi connectivity index (χ2v) is 7.68. The average Bonchev–Trinajstić information content (AvgIpc) is 3.08. The molecule has 0 bridgehead atoms. The molecule has 3 rings (SSSR count). The number of Topliss-reactive ketones (excluding diaryl/α,β-unsaturated/α-hetero) is 1. The number of carbonyl (C=O) groups is 1. The normalized spacial score (nSPS) is 10.7. The molecule has 134 valence electrons. The molecule has 0 amide bonds. The summed E-state index contributed by atoms with van der Waals surface area (Å²) in [6, 6.07) is 11.9. The maximum Gasteiger partial charge on any atom is 0.210 e. The van der Waals surface area contributed by atoms with Gasteiger partial charge in [0.15, 0.2) is 10.1 Å². The minimum Gasteiger partial charge on any atom is -0.328 e. The fourth-order valence-electron chi connectivity index (χ4n) is 2.17. The van der Waals surface area contributed by atoms with E-state index in [4.69, 9.17) is 0 Å². The number of benzene rings is 2. The summed E-state index contributed by atoms with van der Waals surface area (Å²) in [5.41, 5.74) is 0.869. The Balaban J connectivity index is 1.44. The van der Waals surface area contributed by atoms with Gasteiger partial charge in [-0.25, -0.2) is 8.78 Å². The lowest BCUT2D eigenvalue weighted by molar-refractivity contribution is 0.0982. The average molecular weight is 391 g/mol. The van der Waals surface area contributed by atoms with E-state index in [1.807, 2.05) is 0 Å². The Morgan fingerprint density at radius 3 is 2.62 bits per heavy atom. The second-order valence-electron chi connectivity index (χ2n) is 5.36. The number of nitrogens with zero attached hydrogens (tertiary/aromatic N) is 2. The number of para-hydroxylation sites is 1. The van der Waals surface area contributed by atoms with Crippen LogP contribution in [-0.2, 0) is 0 Å². The highest BCUT2D eigenvalue weighted by Crippen LogP contribution is 2.29. The Labute approximate surface area is 157 Å². The van der Waals surface area contributed by atoms with Gasteiger partial charge in [-0.15, -0.1) is 10.2 Å². The van der Waals surface area contributed by atoms with Crippen LogP contribution in [0.4, 0.5) is 19.6 Å². The molecule has 1 heterocycles. The number of ketones is 1. The molecule has 1 aromatic heterocycles. The van der Waals surface area contributed by atoms with E-state index in [-0.39, 0.29) is 17.4 Å². The van der Waals surface area contributed by atoms with E-state index in [9.17, 15) is 13.6 Å². The molecule has 2 aromatic carbocycles. The molecule has 0 atom stereocenters. The predicted octanol–water partition coefficient (Wildman–Crippen LogP) is 5.32. The van der Waals surface area contributed by atoms with E-state index in [1.165, 1.54) is 53.4 Å². The first-order valence-electron chi connectivity index (χ1n) is 7.88. The Morgan fingerprint density at radius 1 is 1.08 bits per heavy atom. The van der Waals surface area contributed by atoms with Crippen LogP contribution in [0, 0.1) is 11.6 Å². The van der Waals surface area contributed by atoms with Gasteiger partial charge in [0.05, 0.1) is 5.69 Å². The van der Waals surface area contributed by atoms with Gasteiger partial charge in [0.2, 0.25) is 5.13 Å². The summed E-state index contributed by atoms with van der Waals surface area (Å²) in [6.45, 7) is 0. The number of hydrogen-bond acceptors (Lipinski definition) is 6. The van der Waals surface area contributed by atoms with Crippen LogP contribution in [0.25, 0.3) is 0 Å². The topological polar surface area (TPSA) is 54.9 Å². The van der Waals surface area contributed by atoms with Crippen LogP contribution in [0.5, 0.6) is 0 Å². The molecule has 3 aromatic rings. The fraction of sp³-hybridized carbons (Fsp3) is 0.167. The van der Waals surface area contributed by atoms with Crippen LogP contribution in [-0.4, -0.2) is 21.7 Å². The number of anilines is 2. The van der Waals surface area contributed by atoms with Gasteiger partial charge in [0.1, 0.15) is 11.6 Å². The van der Waals surface area contributed by atoms with Gasteiger partial charge in [-0.3, -0.25) is 4.79 Å². The molecule has 8 heteroatoms. The smallest absolute Gasteiger partial charge is 0.210 e. The van der Waals surface area contributed by atoms with Crippen LogP contribution < -0.4 is 5.32 Å². The number of carbonyl (C=O) groups excluding carboxylic acids is 1. The fourth-order valence-corrected chi connectivity index (χ4v) is 3.94. The van der Waals surface area contributed by atoms with Gasteiger partial charge < -0.3 is 5.32 Å². The third kappa shape index (κ3) is 5.09. The van der Waals surface area contributed by atoms with Crippen molar-refractivity contribution in [1.82, 2.24) is 10.2 Å². The monoisotopic (exact) mass is 391 g/mol. The molecular weight excluding hydrogens is 376 g/mol. The van der Waals surface area contributed by atoms with E-state index in [1.54, 1.807) is 18.2 Å². The van der Waals surface area contributed by atoms with Crippen LogP contribution in [0.15, 0.2) is 52.9 Å². The third-order valence-corrected chi connectivity index (χ3v) is 5.52. The zero-order chi connectivity index (χ0) is 18.4. The Kier molecular flexibility index (Phi) is 6.30. The summed E-state index contributed by atoms with van der Waals surface area (Å²) in [4.78, 5) is 12.0. The number of nitrogens with one attached hydrogen (secondary N) is 1. The minimum absolute atomic E-state index is 0.00947. The molecule has 0 saturated heterocycles. The van der Waals surface area contributed by atoms with Crippen LogP contribution in [0.1, 0.15) is 23.2 Å². The molecule has 0 spiro atoms. The highest BCUT2D eigenvalue weighted by atomic mass is 32.2. The van der Waals surface area contributed by atoms with Gasteiger partial charge in [0, 0.05) is 17.7 Å².